The van der Waals surface area contributed by atoms with Gasteiger partial charge in [-0.2, -0.15) is 0 Å². The average molecular weight is 272 g/mol. The normalized spacial score (nSPS) is 12.1. The van der Waals surface area contributed by atoms with Crippen molar-refractivity contribution in [3.05, 3.63) is 39.9 Å². The third-order valence-electron chi connectivity index (χ3n) is 2.13. The van der Waals surface area contributed by atoms with Gasteiger partial charge in [0.2, 0.25) is 0 Å². The molecule has 0 bridgehead atoms. The number of carbonyl (C=O) groups is 1. The van der Waals surface area contributed by atoms with Crippen LogP contribution in [0.5, 0.6) is 0 Å². The van der Waals surface area contributed by atoms with E-state index in [1.807, 2.05) is 0 Å². The summed E-state index contributed by atoms with van der Waals surface area (Å²) in [4.78, 5) is 21.2. The van der Waals surface area contributed by atoms with E-state index in [2.05, 4.69) is 15.9 Å². The summed E-state index contributed by atoms with van der Waals surface area (Å²) >= 11 is 2.83. The SMILES string of the molecule is CC(CC(=O)Br)c1ccccc1[N+](=O)[O-]. The van der Waals surface area contributed by atoms with E-state index in [0.29, 0.717) is 5.56 Å². The van der Waals surface area contributed by atoms with Gasteiger partial charge in [-0.1, -0.05) is 25.1 Å². The van der Waals surface area contributed by atoms with Crippen molar-refractivity contribution in [3.63, 3.8) is 0 Å². The highest BCUT2D eigenvalue weighted by Crippen LogP contribution is 2.28. The van der Waals surface area contributed by atoms with Gasteiger partial charge in [-0.3, -0.25) is 14.9 Å². The van der Waals surface area contributed by atoms with Crippen LogP contribution in [-0.4, -0.2) is 9.62 Å². The van der Waals surface area contributed by atoms with Crippen LogP contribution in [0.25, 0.3) is 0 Å². The molecule has 0 aliphatic heterocycles. The second-order valence-electron chi connectivity index (χ2n) is 3.28. The van der Waals surface area contributed by atoms with Gasteiger partial charge in [0.25, 0.3) is 5.69 Å². The first-order valence-electron chi connectivity index (χ1n) is 4.44. The summed E-state index contributed by atoms with van der Waals surface area (Å²) < 4.78 is -0.145. The Kier molecular flexibility index (Phi) is 3.96. The summed E-state index contributed by atoms with van der Waals surface area (Å²) in [7, 11) is 0. The third-order valence-corrected chi connectivity index (χ3v) is 2.45. The van der Waals surface area contributed by atoms with Crippen molar-refractivity contribution in [2.24, 2.45) is 0 Å². The number of hydrogen-bond donors (Lipinski definition) is 0. The second-order valence-corrected chi connectivity index (χ2v) is 4.16. The van der Waals surface area contributed by atoms with E-state index in [-0.39, 0.29) is 22.7 Å². The minimum absolute atomic E-state index is 0.0683. The number of halogens is 1. The minimum Gasteiger partial charge on any atom is -0.287 e. The molecule has 0 aromatic heterocycles. The van der Waals surface area contributed by atoms with E-state index in [1.165, 1.54) is 6.07 Å². The molecule has 5 heteroatoms. The van der Waals surface area contributed by atoms with Crippen molar-refractivity contribution >= 4 is 26.3 Å². The maximum absolute atomic E-state index is 10.9. The minimum atomic E-state index is -0.426. The molecule has 0 amide bonds. The highest BCUT2D eigenvalue weighted by molar-refractivity contribution is 9.18. The molecule has 1 atom stereocenters. The first-order valence-corrected chi connectivity index (χ1v) is 5.23. The highest BCUT2D eigenvalue weighted by Gasteiger charge is 2.19. The molecule has 0 saturated carbocycles. The van der Waals surface area contributed by atoms with Crippen LogP contribution in [0.4, 0.5) is 5.69 Å². The molecular weight excluding hydrogens is 262 g/mol. The van der Waals surface area contributed by atoms with Crippen molar-refractivity contribution in [1.29, 1.82) is 0 Å². The Hall–Kier alpha value is -1.23. The molecule has 1 unspecified atom stereocenters. The third kappa shape index (κ3) is 3.13. The molecule has 4 nitrogen and oxygen atoms in total. The van der Waals surface area contributed by atoms with E-state index in [9.17, 15) is 14.9 Å². The maximum atomic E-state index is 10.9. The number of nitrogens with zero attached hydrogens (tertiary/aromatic N) is 1. The second kappa shape index (κ2) is 5.02. The van der Waals surface area contributed by atoms with Crippen molar-refractivity contribution in [1.82, 2.24) is 0 Å². The molecule has 0 N–H and O–H groups in total. The van der Waals surface area contributed by atoms with Crippen molar-refractivity contribution < 1.29 is 9.72 Å². The van der Waals surface area contributed by atoms with Gasteiger partial charge in [0.05, 0.1) is 4.92 Å². The number of benzene rings is 1. The number of nitro groups is 1. The molecule has 1 aromatic carbocycles. The van der Waals surface area contributed by atoms with Gasteiger partial charge in [-0.15, -0.1) is 0 Å². The average Bonchev–Trinajstić information content (AvgIpc) is 2.16. The summed E-state index contributed by atoms with van der Waals surface area (Å²) in [5, 5.41) is 10.7. The topological polar surface area (TPSA) is 60.2 Å². The van der Waals surface area contributed by atoms with Crippen LogP contribution in [0.3, 0.4) is 0 Å². The van der Waals surface area contributed by atoms with Gasteiger partial charge < -0.3 is 0 Å². The van der Waals surface area contributed by atoms with Gasteiger partial charge in [0, 0.05) is 18.1 Å². The lowest BCUT2D eigenvalue weighted by atomic mass is 9.97. The van der Waals surface area contributed by atoms with Gasteiger partial charge in [0.1, 0.15) is 0 Å². The fourth-order valence-corrected chi connectivity index (χ4v) is 1.91. The smallest absolute Gasteiger partial charge is 0.272 e. The molecule has 15 heavy (non-hydrogen) atoms. The van der Waals surface area contributed by atoms with Crippen molar-refractivity contribution in [3.8, 4) is 0 Å². The fraction of sp³-hybridized carbons (Fsp3) is 0.300. The predicted octanol–water partition coefficient (Wildman–Crippen LogP) is 3.01. The number of para-hydroxylation sites is 1. The van der Waals surface area contributed by atoms with Crippen LogP contribution >= 0.6 is 15.9 Å². The summed E-state index contributed by atoms with van der Waals surface area (Å²) in [5.41, 5.74) is 0.661. The van der Waals surface area contributed by atoms with E-state index >= 15 is 0 Å². The Labute approximate surface area is 95.6 Å². The zero-order valence-electron chi connectivity index (χ0n) is 8.14. The predicted molar refractivity (Wildman–Crippen MR) is 60.1 cm³/mol. The fourth-order valence-electron chi connectivity index (χ4n) is 1.42. The first-order chi connectivity index (χ1) is 7.02. The zero-order chi connectivity index (χ0) is 11.4. The Morgan fingerprint density at radius 2 is 2.13 bits per heavy atom. The molecule has 0 fully saturated rings. The van der Waals surface area contributed by atoms with Gasteiger partial charge in [-0.05, 0) is 21.8 Å². The molecular formula is C10H10BrNO3. The lowest BCUT2D eigenvalue weighted by Gasteiger charge is -2.09. The number of rotatable bonds is 4. The van der Waals surface area contributed by atoms with Gasteiger partial charge in [0.15, 0.2) is 4.69 Å². The van der Waals surface area contributed by atoms with E-state index in [1.54, 1.807) is 25.1 Å². The van der Waals surface area contributed by atoms with Crippen LogP contribution in [0.1, 0.15) is 24.8 Å². The van der Waals surface area contributed by atoms with Crippen molar-refractivity contribution in [2.75, 3.05) is 0 Å². The lowest BCUT2D eigenvalue weighted by molar-refractivity contribution is -0.385. The molecule has 0 saturated heterocycles. The maximum Gasteiger partial charge on any atom is 0.272 e. The zero-order valence-corrected chi connectivity index (χ0v) is 9.73. The van der Waals surface area contributed by atoms with Crippen LogP contribution in [-0.2, 0) is 4.79 Å². The monoisotopic (exact) mass is 271 g/mol. The number of nitro benzene ring substituents is 1. The van der Waals surface area contributed by atoms with Gasteiger partial charge >= 0.3 is 0 Å². The lowest BCUT2D eigenvalue weighted by Crippen LogP contribution is -2.02. The molecule has 0 radical (unpaired) electrons. The molecule has 0 aliphatic carbocycles. The molecule has 1 rings (SSSR count). The Bertz CT molecular complexity index is 392. The molecule has 0 spiro atoms. The van der Waals surface area contributed by atoms with Crippen molar-refractivity contribution in [2.45, 2.75) is 19.3 Å². The van der Waals surface area contributed by atoms with Crippen LogP contribution in [0, 0.1) is 10.1 Å². The van der Waals surface area contributed by atoms with Crippen LogP contribution in [0.2, 0.25) is 0 Å². The number of carbonyl (C=O) groups excluding carboxylic acids is 1. The Morgan fingerprint density at radius 3 is 2.67 bits per heavy atom. The summed E-state index contributed by atoms with van der Waals surface area (Å²) in [6.45, 7) is 1.79. The van der Waals surface area contributed by atoms with Gasteiger partial charge in [-0.25, -0.2) is 0 Å². The standard InChI is InChI=1S/C10H10BrNO3/c1-7(6-10(11)13)8-4-2-3-5-9(8)12(14)15/h2-5,7H,6H2,1H3. The largest absolute Gasteiger partial charge is 0.287 e. The summed E-state index contributed by atoms with van der Waals surface area (Å²) in [6.07, 6.45) is 0.255. The molecule has 0 heterocycles. The highest BCUT2D eigenvalue weighted by atomic mass is 79.9. The van der Waals surface area contributed by atoms with E-state index in [4.69, 9.17) is 0 Å². The van der Waals surface area contributed by atoms with E-state index < -0.39 is 4.92 Å². The van der Waals surface area contributed by atoms with Crippen LogP contribution in [0.15, 0.2) is 24.3 Å². The number of hydrogen-bond acceptors (Lipinski definition) is 3. The Morgan fingerprint density at radius 1 is 1.53 bits per heavy atom. The summed E-state index contributed by atoms with van der Waals surface area (Å²) in [6, 6.07) is 6.48. The molecule has 80 valence electrons. The molecule has 1 aromatic rings. The molecule has 0 aliphatic rings. The first kappa shape index (κ1) is 11.8. The van der Waals surface area contributed by atoms with E-state index in [0.717, 1.165) is 0 Å². The van der Waals surface area contributed by atoms with Crippen LogP contribution < -0.4 is 0 Å². The quantitative estimate of drug-likeness (QED) is 0.481. The summed E-state index contributed by atoms with van der Waals surface area (Å²) in [5.74, 6) is -0.154. The Balaban J connectivity index is 3.02.